The Labute approximate surface area is 81.6 Å². The number of sulfonamides is 1. The van der Waals surface area contributed by atoms with Crippen molar-refractivity contribution in [1.82, 2.24) is 14.7 Å². The van der Waals surface area contributed by atoms with Gasteiger partial charge in [-0.05, 0) is 0 Å². The monoisotopic (exact) mass is 223 g/mol. The van der Waals surface area contributed by atoms with E-state index in [0.29, 0.717) is 0 Å². The van der Waals surface area contributed by atoms with Crippen LogP contribution in [0, 0.1) is 0 Å². The van der Waals surface area contributed by atoms with E-state index in [4.69, 9.17) is 11.6 Å². The Balaban J connectivity index is 2.43. The van der Waals surface area contributed by atoms with Crippen LogP contribution in [-0.4, -0.2) is 30.0 Å². The molecule has 0 atom stereocenters. The van der Waals surface area contributed by atoms with Crippen LogP contribution in [0.5, 0.6) is 0 Å². The van der Waals surface area contributed by atoms with Crippen molar-refractivity contribution in [2.24, 2.45) is 0 Å². The van der Waals surface area contributed by atoms with Gasteiger partial charge in [0.2, 0.25) is 10.0 Å². The first-order valence-corrected chi connectivity index (χ1v) is 5.83. The molecular weight excluding hydrogens is 214 g/mol. The lowest BCUT2D eigenvalue weighted by Crippen LogP contribution is -2.26. The summed E-state index contributed by atoms with van der Waals surface area (Å²) < 4.78 is 24.6. The summed E-state index contributed by atoms with van der Waals surface area (Å²) in [6.45, 7) is 0.221. The maximum Gasteiger partial charge on any atom is 0.213 e. The average molecular weight is 224 g/mol. The molecule has 13 heavy (non-hydrogen) atoms. The summed E-state index contributed by atoms with van der Waals surface area (Å²) in [6, 6.07) is 0. The summed E-state index contributed by atoms with van der Waals surface area (Å²) >= 11 is 5.31. The van der Waals surface area contributed by atoms with Gasteiger partial charge in [-0.1, -0.05) is 0 Å². The molecule has 0 saturated carbocycles. The third-order valence-electron chi connectivity index (χ3n) is 1.38. The molecule has 0 radical (unpaired) electrons. The van der Waals surface area contributed by atoms with Crippen molar-refractivity contribution in [3.05, 3.63) is 18.2 Å². The third kappa shape index (κ3) is 3.75. The van der Waals surface area contributed by atoms with Crippen LogP contribution in [0.2, 0.25) is 0 Å². The van der Waals surface area contributed by atoms with Crippen molar-refractivity contribution in [1.29, 1.82) is 0 Å². The Bertz CT molecular complexity index is 335. The number of imidazole rings is 1. The zero-order valence-electron chi connectivity index (χ0n) is 6.83. The van der Waals surface area contributed by atoms with Gasteiger partial charge >= 0.3 is 0 Å². The number of nitrogens with one attached hydrogen (secondary N) is 2. The predicted molar refractivity (Wildman–Crippen MR) is 49.9 cm³/mol. The summed E-state index contributed by atoms with van der Waals surface area (Å²) in [7, 11) is -3.24. The van der Waals surface area contributed by atoms with Gasteiger partial charge in [0.25, 0.3) is 0 Å². The van der Waals surface area contributed by atoms with Crippen LogP contribution in [0.4, 0.5) is 0 Å². The summed E-state index contributed by atoms with van der Waals surface area (Å²) in [4.78, 5) is 6.53. The van der Waals surface area contributed by atoms with Gasteiger partial charge in [0, 0.05) is 17.8 Å². The van der Waals surface area contributed by atoms with E-state index < -0.39 is 10.0 Å². The van der Waals surface area contributed by atoms with Crippen molar-refractivity contribution >= 4 is 21.6 Å². The number of hydrogen-bond donors (Lipinski definition) is 2. The fourth-order valence-corrected chi connectivity index (χ4v) is 2.08. The zero-order valence-corrected chi connectivity index (χ0v) is 8.40. The Hall–Kier alpha value is -0.590. The van der Waals surface area contributed by atoms with Gasteiger partial charge in [-0.15, -0.1) is 11.6 Å². The Morgan fingerprint density at radius 2 is 2.38 bits per heavy atom. The minimum atomic E-state index is -3.24. The number of rotatable bonds is 5. The Morgan fingerprint density at radius 3 is 2.92 bits per heavy atom. The summed E-state index contributed by atoms with van der Waals surface area (Å²) in [5.41, 5.74) is 0.721. The zero-order chi connectivity index (χ0) is 9.73. The van der Waals surface area contributed by atoms with Crippen LogP contribution >= 0.6 is 11.6 Å². The van der Waals surface area contributed by atoms with Crippen molar-refractivity contribution in [2.75, 3.05) is 11.6 Å². The lowest BCUT2D eigenvalue weighted by atomic mass is 10.5. The van der Waals surface area contributed by atoms with Gasteiger partial charge in [-0.2, -0.15) is 0 Å². The second-order valence-corrected chi connectivity index (χ2v) is 4.71. The van der Waals surface area contributed by atoms with Crippen LogP contribution in [0.15, 0.2) is 12.5 Å². The number of aromatic amines is 1. The van der Waals surface area contributed by atoms with Crippen LogP contribution in [0.25, 0.3) is 0 Å². The molecule has 74 valence electrons. The number of H-pyrrole nitrogens is 1. The number of alkyl halides is 1. The van der Waals surface area contributed by atoms with Crippen LogP contribution in [0.3, 0.4) is 0 Å². The molecule has 7 heteroatoms. The van der Waals surface area contributed by atoms with E-state index in [1.54, 1.807) is 6.20 Å². The first kappa shape index (κ1) is 10.5. The standard InChI is InChI=1S/C6H10ClN3O2S/c7-1-2-13(11,12)10-4-6-3-8-5-9-6/h3,5,10H,1-2,4H2,(H,8,9). The first-order chi connectivity index (χ1) is 6.14. The number of nitrogens with zero attached hydrogens (tertiary/aromatic N) is 1. The second-order valence-electron chi connectivity index (χ2n) is 2.41. The molecule has 0 aliphatic carbocycles. The highest BCUT2D eigenvalue weighted by Gasteiger charge is 2.08. The summed E-state index contributed by atoms with van der Waals surface area (Å²) in [5.74, 6) is 0.0288. The normalized spacial score (nSPS) is 11.8. The van der Waals surface area contributed by atoms with E-state index in [1.165, 1.54) is 6.33 Å². The van der Waals surface area contributed by atoms with E-state index in [0.717, 1.165) is 5.69 Å². The highest BCUT2D eigenvalue weighted by atomic mass is 35.5. The molecule has 1 rings (SSSR count). The first-order valence-electron chi connectivity index (χ1n) is 3.64. The van der Waals surface area contributed by atoms with E-state index in [2.05, 4.69) is 14.7 Å². The molecule has 0 aromatic carbocycles. The fraction of sp³-hybridized carbons (Fsp3) is 0.500. The van der Waals surface area contributed by atoms with Crippen LogP contribution < -0.4 is 4.72 Å². The largest absolute Gasteiger partial charge is 0.347 e. The topological polar surface area (TPSA) is 74.8 Å². The van der Waals surface area contributed by atoms with Gasteiger partial charge in [0.1, 0.15) is 0 Å². The van der Waals surface area contributed by atoms with E-state index in [1.807, 2.05) is 0 Å². The SMILES string of the molecule is O=S(=O)(CCCl)NCc1cnc[nH]1. The molecule has 2 N–H and O–H groups in total. The number of aromatic nitrogens is 2. The molecule has 0 saturated heterocycles. The van der Waals surface area contributed by atoms with Crippen molar-refractivity contribution in [2.45, 2.75) is 6.54 Å². The molecular formula is C6H10ClN3O2S. The molecule has 0 aliphatic rings. The lowest BCUT2D eigenvalue weighted by molar-refractivity contribution is 0.582. The van der Waals surface area contributed by atoms with Crippen molar-refractivity contribution in [3.63, 3.8) is 0 Å². The molecule has 5 nitrogen and oxygen atoms in total. The lowest BCUT2D eigenvalue weighted by Gasteiger charge is -2.02. The van der Waals surface area contributed by atoms with Gasteiger partial charge in [-0.25, -0.2) is 18.1 Å². The van der Waals surface area contributed by atoms with Crippen molar-refractivity contribution < 1.29 is 8.42 Å². The smallest absolute Gasteiger partial charge is 0.213 e. The van der Waals surface area contributed by atoms with E-state index >= 15 is 0 Å². The Kier molecular flexibility index (Phi) is 3.71. The highest BCUT2D eigenvalue weighted by molar-refractivity contribution is 7.89. The molecule has 0 unspecified atom stereocenters. The van der Waals surface area contributed by atoms with Gasteiger partial charge < -0.3 is 4.98 Å². The van der Waals surface area contributed by atoms with Gasteiger partial charge in [0.05, 0.1) is 18.6 Å². The summed E-state index contributed by atoms with van der Waals surface area (Å²) in [6.07, 6.45) is 3.05. The minimum Gasteiger partial charge on any atom is -0.347 e. The third-order valence-corrected chi connectivity index (χ3v) is 3.12. The molecule has 0 bridgehead atoms. The molecule has 0 spiro atoms. The predicted octanol–water partition coefficient (Wildman–Crippen LogP) is 0.0679. The molecule has 0 aliphatic heterocycles. The number of halogens is 1. The molecule has 0 fully saturated rings. The Morgan fingerprint density at radius 1 is 1.62 bits per heavy atom. The quantitative estimate of drug-likeness (QED) is 0.694. The average Bonchev–Trinajstić information content (AvgIpc) is 2.52. The second kappa shape index (κ2) is 4.59. The van der Waals surface area contributed by atoms with Crippen LogP contribution in [-0.2, 0) is 16.6 Å². The molecule has 1 heterocycles. The van der Waals surface area contributed by atoms with Crippen molar-refractivity contribution in [3.8, 4) is 0 Å². The van der Waals surface area contributed by atoms with Crippen LogP contribution in [0.1, 0.15) is 5.69 Å². The maximum absolute atomic E-state index is 11.1. The molecule has 1 aromatic rings. The number of hydrogen-bond acceptors (Lipinski definition) is 3. The molecule has 1 aromatic heterocycles. The van der Waals surface area contributed by atoms with Gasteiger partial charge in [-0.3, -0.25) is 0 Å². The maximum atomic E-state index is 11.1. The molecule has 0 amide bonds. The fourth-order valence-electron chi connectivity index (χ4n) is 0.743. The highest BCUT2D eigenvalue weighted by Crippen LogP contribution is 1.93. The van der Waals surface area contributed by atoms with E-state index in [-0.39, 0.29) is 18.2 Å². The van der Waals surface area contributed by atoms with E-state index in [9.17, 15) is 8.42 Å². The summed E-state index contributed by atoms with van der Waals surface area (Å²) in [5, 5.41) is 0. The van der Waals surface area contributed by atoms with Gasteiger partial charge in [0.15, 0.2) is 0 Å². The minimum absolute atomic E-state index is 0.0668.